The van der Waals surface area contributed by atoms with Gasteiger partial charge in [0, 0.05) is 22.3 Å². The molecule has 1 N–H and O–H groups in total. The zero-order chi connectivity index (χ0) is 14.1. The molecule has 0 bridgehead atoms. The van der Waals surface area contributed by atoms with Gasteiger partial charge >= 0.3 is 0 Å². The van der Waals surface area contributed by atoms with Crippen molar-refractivity contribution in [2.45, 2.75) is 36.0 Å². The minimum absolute atomic E-state index is 0.218. The summed E-state index contributed by atoms with van der Waals surface area (Å²) in [5, 5.41) is 3.54. The number of fused-ring (bicyclic) bond motifs is 1. The number of hydrogen-bond acceptors (Lipinski definition) is 4. The van der Waals surface area contributed by atoms with E-state index in [9.17, 15) is 4.21 Å². The molecule has 0 amide bonds. The van der Waals surface area contributed by atoms with E-state index >= 15 is 0 Å². The topological polar surface area (TPSA) is 47.6 Å². The molecule has 1 saturated carbocycles. The molecular weight excluding hydrogens is 274 g/mol. The highest BCUT2D eigenvalue weighted by Gasteiger charge is 2.36. The first kappa shape index (κ1) is 13.9. The summed E-state index contributed by atoms with van der Waals surface area (Å²) in [4.78, 5) is 0.850. The van der Waals surface area contributed by atoms with Crippen molar-refractivity contribution >= 4 is 10.8 Å². The van der Waals surface area contributed by atoms with Crippen LogP contribution in [-0.4, -0.2) is 35.8 Å². The van der Waals surface area contributed by atoms with E-state index < -0.39 is 10.8 Å². The van der Waals surface area contributed by atoms with Gasteiger partial charge < -0.3 is 14.8 Å². The highest BCUT2D eigenvalue weighted by atomic mass is 32.2. The molecule has 1 aliphatic carbocycles. The summed E-state index contributed by atoms with van der Waals surface area (Å²) in [5.74, 6) is 1.90. The van der Waals surface area contributed by atoms with E-state index in [1.807, 2.05) is 25.2 Å². The minimum Gasteiger partial charge on any atom is -0.486 e. The lowest BCUT2D eigenvalue weighted by atomic mass is 10.1. The molecule has 0 spiro atoms. The third kappa shape index (κ3) is 2.44. The van der Waals surface area contributed by atoms with Crippen molar-refractivity contribution in [3.8, 4) is 11.5 Å². The number of ether oxygens (including phenoxy) is 2. The van der Waals surface area contributed by atoms with E-state index in [4.69, 9.17) is 9.47 Å². The molecule has 0 radical (unpaired) electrons. The Morgan fingerprint density at radius 2 is 1.95 bits per heavy atom. The van der Waals surface area contributed by atoms with Gasteiger partial charge in [-0.1, -0.05) is 6.92 Å². The molecule has 1 aliphatic heterocycles. The largest absolute Gasteiger partial charge is 0.486 e. The molecule has 2 aliphatic rings. The average molecular weight is 295 g/mol. The predicted octanol–water partition coefficient (Wildman–Crippen LogP) is 1.95. The molecule has 1 fully saturated rings. The van der Waals surface area contributed by atoms with Crippen LogP contribution in [0.4, 0.5) is 0 Å². The zero-order valence-corrected chi connectivity index (χ0v) is 12.7. The van der Waals surface area contributed by atoms with Crippen molar-refractivity contribution in [3.63, 3.8) is 0 Å². The Kier molecular flexibility index (Phi) is 3.98. The standard InChI is InChI=1S/C15H21NO3S/c1-10-12(16-2)4-6-15(10)20(17)11-3-5-13-14(9-11)19-8-7-18-13/h3,5,9-10,12,15-16H,4,6-8H2,1-2H3. The molecule has 4 nitrogen and oxygen atoms in total. The molecule has 0 saturated heterocycles. The number of hydrogen-bond donors (Lipinski definition) is 1. The second-order valence-corrected chi connectivity index (χ2v) is 7.14. The van der Waals surface area contributed by atoms with Gasteiger partial charge in [-0.05, 0) is 37.9 Å². The number of benzene rings is 1. The van der Waals surface area contributed by atoms with Gasteiger partial charge in [0.1, 0.15) is 13.2 Å². The van der Waals surface area contributed by atoms with Crippen molar-refractivity contribution in [1.29, 1.82) is 0 Å². The van der Waals surface area contributed by atoms with Crippen LogP contribution in [0.1, 0.15) is 19.8 Å². The van der Waals surface area contributed by atoms with Crippen LogP contribution in [0.25, 0.3) is 0 Å². The van der Waals surface area contributed by atoms with Gasteiger partial charge in [-0.15, -0.1) is 0 Å². The summed E-state index contributed by atoms with van der Waals surface area (Å²) < 4.78 is 23.9. The van der Waals surface area contributed by atoms with E-state index in [1.165, 1.54) is 0 Å². The quantitative estimate of drug-likeness (QED) is 0.926. The number of nitrogens with one attached hydrogen (secondary N) is 1. The first-order chi connectivity index (χ1) is 9.70. The van der Waals surface area contributed by atoms with E-state index in [0.717, 1.165) is 29.2 Å². The Morgan fingerprint density at radius 1 is 1.20 bits per heavy atom. The molecular formula is C15H21NO3S. The zero-order valence-electron chi connectivity index (χ0n) is 11.9. The molecule has 3 rings (SSSR count). The fraction of sp³-hybridized carbons (Fsp3) is 0.600. The fourth-order valence-corrected chi connectivity index (χ4v) is 4.87. The van der Waals surface area contributed by atoms with Crippen LogP contribution >= 0.6 is 0 Å². The Labute approximate surface area is 122 Å². The SMILES string of the molecule is CNC1CCC(S(=O)c2ccc3c(c2)OCCO3)C1C. The maximum absolute atomic E-state index is 12.8. The van der Waals surface area contributed by atoms with Gasteiger partial charge in [-0.3, -0.25) is 4.21 Å². The second-order valence-electron chi connectivity index (χ2n) is 5.47. The second kappa shape index (κ2) is 5.74. The normalized spacial score (nSPS) is 30.2. The Bertz CT molecular complexity index is 520. The third-order valence-corrected chi connectivity index (χ3v) is 6.31. The summed E-state index contributed by atoms with van der Waals surface area (Å²) in [6.45, 7) is 3.33. The molecule has 20 heavy (non-hydrogen) atoms. The van der Waals surface area contributed by atoms with Gasteiger partial charge in [0.25, 0.3) is 0 Å². The predicted molar refractivity (Wildman–Crippen MR) is 78.9 cm³/mol. The molecule has 1 aromatic carbocycles. The third-order valence-electron chi connectivity index (χ3n) is 4.38. The van der Waals surface area contributed by atoms with Crippen LogP contribution in [0.5, 0.6) is 11.5 Å². The summed E-state index contributed by atoms with van der Waals surface area (Å²) in [7, 11) is 0.998. The van der Waals surface area contributed by atoms with Crippen LogP contribution in [0.15, 0.2) is 23.1 Å². The van der Waals surface area contributed by atoms with Crippen LogP contribution in [0, 0.1) is 5.92 Å². The molecule has 0 aromatic heterocycles. The van der Waals surface area contributed by atoms with Gasteiger partial charge in [-0.25, -0.2) is 0 Å². The average Bonchev–Trinajstić information content (AvgIpc) is 2.87. The molecule has 1 heterocycles. The van der Waals surface area contributed by atoms with Gasteiger partial charge in [0.2, 0.25) is 0 Å². The lowest BCUT2D eigenvalue weighted by Gasteiger charge is -2.22. The summed E-state index contributed by atoms with van der Waals surface area (Å²) in [6, 6.07) is 6.13. The highest BCUT2D eigenvalue weighted by molar-refractivity contribution is 7.85. The summed E-state index contributed by atoms with van der Waals surface area (Å²) in [5.41, 5.74) is 0. The monoisotopic (exact) mass is 295 g/mol. The lowest BCUT2D eigenvalue weighted by Crippen LogP contribution is -2.32. The minimum atomic E-state index is -0.985. The van der Waals surface area contributed by atoms with E-state index in [0.29, 0.717) is 25.2 Å². The molecule has 5 heteroatoms. The molecule has 1 aromatic rings. The van der Waals surface area contributed by atoms with Crippen molar-refractivity contribution in [2.75, 3.05) is 20.3 Å². The Morgan fingerprint density at radius 3 is 2.65 bits per heavy atom. The summed E-state index contributed by atoms with van der Waals surface area (Å²) in [6.07, 6.45) is 2.10. The molecule has 110 valence electrons. The Hall–Kier alpha value is -1.07. The van der Waals surface area contributed by atoms with Crippen molar-refractivity contribution < 1.29 is 13.7 Å². The summed E-state index contributed by atoms with van der Waals surface area (Å²) >= 11 is 0. The van der Waals surface area contributed by atoms with Crippen LogP contribution in [0.3, 0.4) is 0 Å². The van der Waals surface area contributed by atoms with E-state index in [1.54, 1.807) is 0 Å². The van der Waals surface area contributed by atoms with Crippen LogP contribution in [0.2, 0.25) is 0 Å². The first-order valence-corrected chi connectivity index (χ1v) is 8.39. The van der Waals surface area contributed by atoms with E-state index in [-0.39, 0.29) is 5.25 Å². The molecule has 4 atom stereocenters. The van der Waals surface area contributed by atoms with Crippen molar-refractivity contribution in [2.24, 2.45) is 5.92 Å². The Balaban J connectivity index is 1.81. The van der Waals surface area contributed by atoms with Gasteiger partial charge in [-0.2, -0.15) is 0 Å². The van der Waals surface area contributed by atoms with Crippen molar-refractivity contribution in [1.82, 2.24) is 5.32 Å². The van der Waals surface area contributed by atoms with Crippen molar-refractivity contribution in [3.05, 3.63) is 18.2 Å². The smallest absolute Gasteiger partial charge is 0.162 e. The highest BCUT2D eigenvalue weighted by Crippen LogP contribution is 2.36. The van der Waals surface area contributed by atoms with Crippen LogP contribution in [-0.2, 0) is 10.8 Å². The number of rotatable bonds is 3. The van der Waals surface area contributed by atoms with E-state index in [2.05, 4.69) is 12.2 Å². The fourth-order valence-electron chi connectivity index (χ4n) is 3.16. The lowest BCUT2D eigenvalue weighted by molar-refractivity contribution is 0.171. The van der Waals surface area contributed by atoms with Crippen LogP contribution < -0.4 is 14.8 Å². The molecule has 4 unspecified atom stereocenters. The van der Waals surface area contributed by atoms with Gasteiger partial charge in [0.05, 0.1) is 10.8 Å². The van der Waals surface area contributed by atoms with Gasteiger partial charge in [0.15, 0.2) is 11.5 Å². The maximum atomic E-state index is 12.8. The maximum Gasteiger partial charge on any atom is 0.162 e. The first-order valence-electron chi connectivity index (χ1n) is 7.18.